The number of hydrogen-bond donors (Lipinski definition) is 0. The molecule has 0 saturated carbocycles. The average molecular weight is 462 g/mol. The van der Waals surface area contributed by atoms with Crippen molar-refractivity contribution in [2.24, 2.45) is 10.9 Å². The average Bonchev–Trinajstić information content (AvgIpc) is 3.43. The van der Waals surface area contributed by atoms with E-state index in [2.05, 4.69) is 18.7 Å². The fourth-order valence-corrected chi connectivity index (χ4v) is 4.53. The third-order valence-corrected chi connectivity index (χ3v) is 6.47. The van der Waals surface area contributed by atoms with Crippen molar-refractivity contribution < 1.29 is 13.9 Å². The number of hydrogen-bond acceptors (Lipinski definition) is 5. The number of aliphatic imine (C=N–C) groups is 1. The van der Waals surface area contributed by atoms with E-state index in [-0.39, 0.29) is 17.8 Å². The van der Waals surface area contributed by atoms with E-state index in [4.69, 9.17) is 14.7 Å². The highest BCUT2D eigenvalue weighted by atomic mass is 19.1. The minimum absolute atomic E-state index is 0.0846. The van der Waals surface area contributed by atoms with Crippen LogP contribution in [0.3, 0.4) is 0 Å². The molecule has 0 radical (unpaired) electrons. The number of imidazole rings is 1. The molecule has 2 aromatic carbocycles. The zero-order valence-electron chi connectivity index (χ0n) is 19.8. The molecule has 0 saturated heterocycles. The SMILES string of the molecule is CCN1C(=O)c2nc(-c3ccc(F)cc3)n(Cc3ccc(OC)cc3)c2N2C[C@@H](C(C)C)N=C12. The van der Waals surface area contributed by atoms with E-state index in [1.807, 2.05) is 35.8 Å². The number of rotatable bonds is 6. The lowest BCUT2D eigenvalue weighted by Gasteiger charge is -2.33. The molecule has 0 N–H and O–H groups in total. The Hall–Kier alpha value is -3.68. The number of carbonyl (C=O) groups is 1. The molecular formula is C26H28FN5O2. The highest BCUT2D eigenvalue weighted by Crippen LogP contribution is 2.37. The minimum Gasteiger partial charge on any atom is -0.497 e. The molecule has 1 amide bonds. The number of aromatic nitrogens is 2. The summed E-state index contributed by atoms with van der Waals surface area (Å²) in [5.41, 5.74) is 2.18. The van der Waals surface area contributed by atoms with Gasteiger partial charge in [0.25, 0.3) is 5.91 Å². The van der Waals surface area contributed by atoms with Crippen molar-refractivity contribution in [1.82, 2.24) is 14.5 Å². The number of ether oxygens (including phenoxy) is 1. The number of guanidine groups is 1. The molecule has 2 aliphatic rings. The van der Waals surface area contributed by atoms with Gasteiger partial charge in [0, 0.05) is 12.1 Å². The maximum absolute atomic E-state index is 13.7. The van der Waals surface area contributed by atoms with E-state index in [1.165, 1.54) is 12.1 Å². The van der Waals surface area contributed by atoms with E-state index in [0.29, 0.717) is 43.0 Å². The molecule has 0 spiro atoms. The van der Waals surface area contributed by atoms with Crippen LogP contribution in [0.5, 0.6) is 5.75 Å². The standard InChI is InChI=1S/C26H28FN5O2/c1-5-30-25(33)22-24(32-15-21(16(2)3)28-26(30)32)31(14-17-6-12-20(34-4)13-7-17)23(29-22)18-8-10-19(27)11-9-18/h6-13,16,21H,5,14-15H2,1-4H3/t21-/m0/s1. The van der Waals surface area contributed by atoms with Crippen LogP contribution in [0, 0.1) is 11.7 Å². The molecule has 3 aromatic rings. The van der Waals surface area contributed by atoms with Crippen LogP contribution >= 0.6 is 0 Å². The number of nitrogens with zero attached hydrogens (tertiary/aromatic N) is 5. The van der Waals surface area contributed by atoms with Crippen molar-refractivity contribution in [2.75, 3.05) is 25.1 Å². The van der Waals surface area contributed by atoms with Crippen LogP contribution in [0.25, 0.3) is 11.4 Å². The van der Waals surface area contributed by atoms with Gasteiger partial charge in [0.15, 0.2) is 5.69 Å². The van der Waals surface area contributed by atoms with Crippen LogP contribution in [0.4, 0.5) is 10.2 Å². The monoisotopic (exact) mass is 461 g/mol. The maximum atomic E-state index is 13.7. The molecule has 34 heavy (non-hydrogen) atoms. The van der Waals surface area contributed by atoms with Gasteiger partial charge in [0.05, 0.1) is 26.2 Å². The number of anilines is 1. The van der Waals surface area contributed by atoms with Crippen molar-refractivity contribution in [3.8, 4) is 17.1 Å². The number of methoxy groups -OCH3 is 1. The summed E-state index contributed by atoms with van der Waals surface area (Å²) in [5.74, 6) is 2.69. The second-order valence-corrected chi connectivity index (χ2v) is 8.95. The van der Waals surface area contributed by atoms with Gasteiger partial charge in [-0.1, -0.05) is 26.0 Å². The molecular weight excluding hydrogens is 433 g/mol. The summed E-state index contributed by atoms with van der Waals surface area (Å²) < 4.78 is 21.0. The lowest BCUT2D eigenvalue weighted by molar-refractivity contribution is 0.0841. The third-order valence-electron chi connectivity index (χ3n) is 6.47. The summed E-state index contributed by atoms with van der Waals surface area (Å²) in [7, 11) is 1.64. The van der Waals surface area contributed by atoms with E-state index >= 15 is 0 Å². The highest BCUT2D eigenvalue weighted by molar-refractivity contribution is 6.18. The smallest absolute Gasteiger partial charge is 0.283 e. The van der Waals surface area contributed by atoms with Crippen LogP contribution in [0.1, 0.15) is 36.8 Å². The van der Waals surface area contributed by atoms with Crippen molar-refractivity contribution >= 4 is 17.7 Å². The molecule has 0 bridgehead atoms. The molecule has 2 aliphatic heterocycles. The molecule has 3 heterocycles. The largest absolute Gasteiger partial charge is 0.497 e. The zero-order valence-corrected chi connectivity index (χ0v) is 19.8. The first kappa shape index (κ1) is 22.1. The van der Waals surface area contributed by atoms with Crippen LogP contribution in [-0.2, 0) is 6.54 Å². The van der Waals surface area contributed by atoms with Gasteiger partial charge >= 0.3 is 0 Å². The first-order valence-corrected chi connectivity index (χ1v) is 11.6. The molecule has 0 unspecified atom stereocenters. The normalized spacial score (nSPS) is 17.2. The van der Waals surface area contributed by atoms with Gasteiger partial charge in [-0.05, 0) is 54.8 Å². The third kappa shape index (κ3) is 3.63. The number of carbonyl (C=O) groups excluding carboxylic acids is 1. The molecule has 1 atom stereocenters. The van der Waals surface area contributed by atoms with Gasteiger partial charge in [-0.25, -0.2) is 14.4 Å². The van der Waals surface area contributed by atoms with Crippen molar-refractivity contribution in [3.63, 3.8) is 0 Å². The number of fused-ring (bicyclic) bond motifs is 3. The molecule has 7 nitrogen and oxygen atoms in total. The van der Waals surface area contributed by atoms with Gasteiger partial charge in [-0.2, -0.15) is 0 Å². The Balaban J connectivity index is 1.68. The molecule has 8 heteroatoms. The Morgan fingerprint density at radius 1 is 1.12 bits per heavy atom. The van der Waals surface area contributed by atoms with Crippen molar-refractivity contribution in [3.05, 3.63) is 65.6 Å². The molecule has 176 valence electrons. The van der Waals surface area contributed by atoms with Crippen LogP contribution in [0.2, 0.25) is 0 Å². The summed E-state index contributed by atoms with van der Waals surface area (Å²) in [4.78, 5) is 27.1. The summed E-state index contributed by atoms with van der Waals surface area (Å²) in [5, 5.41) is 0. The molecule has 1 aromatic heterocycles. The van der Waals surface area contributed by atoms with Gasteiger partial charge in [-0.3, -0.25) is 14.6 Å². The van der Waals surface area contributed by atoms with Gasteiger partial charge in [-0.15, -0.1) is 0 Å². The lowest BCUT2D eigenvalue weighted by atomic mass is 10.1. The predicted octanol–water partition coefficient (Wildman–Crippen LogP) is 4.42. The summed E-state index contributed by atoms with van der Waals surface area (Å²) in [6, 6.07) is 14.1. The molecule has 0 fully saturated rings. The Labute approximate surface area is 198 Å². The molecule has 0 aliphatic carbocycles. The van der Waals surface area contributed by atoms with Crippen molar-refractivity contribution in [2.45, 2.75) is 33.4 Å². The Morgan fingerprint density at radius 2 is 1.82 bits per heavy atom. The Kier molecular flexibility index (Phi) is 5.59. The Bertz CT molecular complexity index is 1250. The fraction of sp³-hybridized carbons (Fsp3) is 0.346. The molecule has 5 rings (SSSR count). The van der Waals surface area contributed by atoms with Crippen LogP contribution in [0.15, 0.2) is 53.5 Å². The predicted molar refractivity (Wildman–Crippen MR) is 130 cm³/mol. The zero-order chi connectivity index (χ0) is 24.0. The summed E-state index contributed by atoms with van der Waals surface area (Å²) >= 11 is 0. The van der Waals surface area contributed by atoms with E-state index in [9.17, 15) is 9.18 Å². The van der Waals surface area contributed by atoms with Gasteiger partial charge in [0.1, 0.15) is 23.2 Å². The van der Waals surface area contributed by atoms with Crippen molar-refractivity contribution in [1.29, 1.82) is 0 Å². The second-order valence-electron chi connectivity index (χ2n) is 8.95. The number of halogens is 1. The number of benzene rings is 2. The summed E-state index contributed by atoms with van der Waals surface area (Å²) in [6.45, 7) is 7.92. The van der Waals surface area contributed by atoms with E-state index in [0.717, 1.165) is 22.7 Å². The second kappa shape index (κ2) is 8.59. The Morgan fingerprint density at radius 3 is 2.44 bits per heavy atom. The quantitative estimate of drug-likeness (QED) is 0.545. The van der Waals surface area contributed by atoms with E-state index < -0.39 is 0 Å². The van der Waals surface area contributed by atoms with Crippen LogP contribution in [-0.4, -0.2) is 52.6 Å². The fourth-order valence-electron chi connectivity index (χ4n) is 4.53. The van der Waals surface area contributed by atoms with Gasteiger partial charge < -0.3 is 9.30 Å². The van der Waals surface area contributed by atoms with E-state index in [1.54, 1.807) is 24.1 Å². The first-order valence-electron chi connectivity index (χ1n) is 11.6. The van der Waals surface area contributed by atoms with Crippen LogP contribution < -0.4 is 9.64 Å². The van der Waals surface area contributed by atoms with Gasteiger partial charge in [0.2, 0.25) is 5.96 Å². The summed E-state index contributed by atoms with van der Waals surface area (Å²) in [6.07, 6.45) is 0. The minimum atomic E-state index is -0.316. The topological polar surface area (TPSA) is 63.0 Å². The lowest BCUT2D eigenvalue weighted by Crippen LogP contribution is -2.50. The first-order chi connectivity index (χ1) is 16.4. The highest BCUT2D eigenvalue weighted by Gasteiger charge is 2.44. The number of amides is 1. The maximum Gasteiger partial charge on any atom is 0.283 e.